The predicted molar refractivity (Wildman–Crippen MR) is 72.8 cm³/mol. The molecule has 1 saturated carbocycles. The summed E-state index contributed by atoms with van der Waals surface area (Å²) in [7, 11) is 1.68. The van der Waals surface area contributed by atoms with Crippen molar-refractivity contribution in [2.75, 3.05) is 13.6 Å². The van der Waals surface area contributed by atoms with E-state index in [0.29, 0.717) is 12.1 Å². The SMILES string of the molecule is CN(Cc1ccc(F)c(F)c1)C(=O)C1(CN)CCCC1. The third kappa shape index (κ3) is 2.82. The number of carbonyl (C=O) groups is 1. The van der Waals surface area contributed by atoms with Crippen LogP contribution in [0.25, 0.3) is 0 Å². The lowest BCUT2D eigenvalue weighted by Crippen LogP contribution is -2.44. The number of hydrogen-bond acceptors (Lipinski definition) is 2. The van der Waals surface area contributed by atoms with Gasteiger partial charge in [0.15, 0.2) is 11.6 Å². The number of hydrogen-bond donors (Lipinski definition) is 1. The first-order valence-corrected chi connectivity index (χ1v) is 6.88. The number of nitrogens with zero attached hydrogens (tertiary/aromatic N) is 1. The Morgan fingerprint density at radius 2 is 1.95 bits per heavy atom. The van der Waals surface area contributed by atoms with E-state index in [-0.39, 0.29) is 12.5 Å². The molecule has 20 heavy (non-hydrogen) atoms. The molecule has 1 amide bonds. The van der Waals surface area contributed by atoms with Gasteiger partial charge in [-0.1, -0.05) is 18.9 Å². The van der Waals surface area contributed by atoms with Crippen LogP contribution in [-0.2, 0) is 11.3 Å². The molecule has 110 valence electrons. The molecule has 5 heteroatoms. The van der Waals surface area contributed by atoms with E-state index in [1.165, 1.54) is 6.07 Å². The van der Waals surface area contributed by atoms with Gasteiger partial charge in [-0.25, -0.2) is 8.78 Å². The molecular weight excluding hydrogens is 262 g/mol. The maximum atomic E-state index is 13.2. The molecule has 0 spiro atoms. The molecule has 0 bridgehead atoms. The highest BCUT2D eigenvalue weighted by molar-refractivity contribution is 5.83. The molecule has 1 aliphatic rings. The van der Waals surface area contributed by atoms with Gasteiger partial charge in [-0.3, -0.25) is 4.79 Å². The van der Waals surface area contributed by atoms with Gasteiger partial charge in [-0.15, -0.1) is 0 Å². The normalized spacial score (nSPS) is 17.2. The Kier molecular flexibility index (Phi) is 4.38. The van der Waals surface area contributed by atoms with E-state index in [2.05, 4.69) is 0 Å². The van der Waals surface area contributed by atoms with E-state index >= 15 is 0 Å². The fourth-order valence-corrected chi connectivity index (χ4v) is 2.95. The summed E-state index contributed by atoms with van der Waals surface area (Å²) in [6.45, 7) is 0.603. The summed E-state index contributed by atoms with van der Waals surface area (Å²) >= 11 is 0. The van der Waals surface area contributed by atoms with E-state index in [1.807, 2.05) is 0 Å². The lowest BCUT2D eigenvalue weighted by molar-refractivity contribution is -0.140. The fraction of sp³-hybridized carbons (Fsp3) is 0.533. The molecule has 0 radical (unpaired) electrons. The predicted octanol–water partition coefficient (Wildman–Crippen LogP) is 2.44. The molecule has 1 fully saturated rings. The molecule has 0 atom stereocenters. The number of amides is 1. The van der Waals surface area contributed by atoms with Crippen molar-refractivity contribution in [2.24, 2.45) is 11.1 Å². The molecule has 2 rings (SSSR count). The van der Waals surface area contributed by atoms with Crippen LogP contribution in [0.3, 0.4) is 0 Å². The molecule has 1 aromatic carbocycles. The monoisotopic (exact) mass is 282 g/mol. The van der Waals surface area contributed by atoms with Crippen LogP contribution < -0.4 is 5.73 Å². The van der Waals surface area contributed by atoms with Gasteiger partial charge in [0.1, 0.15) is 0 Å². The van der Waals surface area contributed by atoms with Crippen molar-refractivity contribution in [3.63, 3.8) is 0 Å². The first-order valence-electron chi connectivity index (χ1n) is 6.88. The quantitative estimate of drug-likeness (QED) is 0.922. The summed E-state index contributed by atoms with van der Waals surface area (Å²) in [5.41, 5.74) is 5.90. The van der Waals surface area contributed by atoms with Crippen LogP contribution in [0.1, 0.15) is 31.2 Å². The summed E-state index contributed by atoms with van der Waals surface area (Å²) in [5, 5.41) is 0. The molecular formula is C15H20F2N2O. The van der Waals surface area contributed by atoms with Gasteiger partial charge in [0.2, 0.25) is 5.91 Å². The van der Waals surface area contributed by atoms with Crippen LogP contribution in [0.4, 0.5) is 8.78 Å². The zero-order valence-corrected chi connectivity index (χ0v) is 11.7. The summed E-state index contributed by atoms with van der Waals surface area (Å²) in [5.74, 6) is -1.77. The van der Waals surface area contributed by atoms with Crippen molar-refractivity contribution in [3.8, 4) is 0 Å². The highest BCUT2D eigenvalue weighted by atomic mass is 19.2. The maximum absolute atomic E-state index is 13.2. The number of halogens is 2. The highest BCUT2D eigenvalue weighted by Gasteiger charge is 2.41. The van der Waals surface area contributed by atoms with Gasteiger partial charge in [-0.2, -0.15) is 0 Å². The molecule has 0 heterocycles. The van der Waals surface area contributed by atoms with Crippen LogP contribution in [0.5, 0.6) is 0 Å². The van der Waals surface area contributed by atoms with E-state index in [0.717, 1.165) is 37.8 Å². The number of nitrogens with two attached hydrogens (primary N) is 1. The zero-order chi connectivity index (χ0) is 14.8. The first kappa shape index (κ1) is 14.9. The van der Waals surface area contributed by atoms with Crippen LogP contribution in [-0.4, -0.2) is 24.4 Å². The molecule has 0 aromatic heterocycles. The Hall–Kier alpha value is -1.49. The van der Waals surface area contributed by atoms with Gasteiger partial charge in [0.05, 0.1) is 5.41 Å². The zero-order valence-electron chi connectivity index (χ0n) is 11.7. The Morgan fingerprint density at radius 1 is 1.30 bits per heavy atom. The summed E-state index contributed by atoms with van der Waals surface area (Å²) in [6, 6.07) is 3.70. The fourth-order valence-electron chi connectivity index (χ4n) is 2.95. The molecule has 2 N–H and O–H groups in total. The summed E-state index contributed by atoms with van der Waals surface area (Å²) in [6.07, 6.45) is 3.65. The standard InChI is InChI=1S/C15H20F2N2O/c1-19(9-11-4-5-12(16)13(17)8-11)14(20)15(10-18)6-2-3-7-15/h4-5,8H,2-3,6-7,9-10,18H2,1H3. The average Bonchev–Trinajstić information content (AvgIpc) is 2.92. The number of rotatable bonds is 4. The van der Waals surface area contributed by atoms with Gasteiger partial charge >= 0.3 is 0 Å². The van der Waals surface area contributed by atoms with Gasteiger partial charge in [0.25, 0.3) is 0 Å². The van der Waals surface area contributed by atoms with Crippen LogP contribution in [0, 0.1) is 17.0 Å². The van der Waals surface area contributed by atoms with Crippen LogP contribution >= 0.6 is 0 Å². The largest absolute Gasteiger partial charge is 0.341 e. The summed E-state index contributed by atoms with van der Waals surface area (Å²) < 4.78 is 26.1. The minimum atomic E-state index is -0.891. The highest BCUT2D eigenvalue weighted by Crippen LogP contribution is 2.38. The molecule has 0 unspecified atom stereocenters. The van der Waals surface area contributed by atoms with Crippen LogP contribution in [0.15, 0.2) is 18.2 Å². The second-order valence-corrected chi connectivity index (χ2v) is 5.60. The second kappa shape index (κ2) is 5.87. The number of carbonyl (C=O) groups excluding carboxylic acids is 1. The van der Waals surface area contributed by atoms with Crippen molar-refractivity contribution in [1.29, 1.82) is 0 Å². The van der Waals surface area contributed by atoms with E-state index in [4.69, 9.17) is 5.73 Å². The van der Waals surface area contributed by atoms with Crippen molar-refractivity contribution in [3.05, 3.63) is 35.4 Å². The second-order valence-electron chi connectivity index (χ2n) is 5.60. The molecule has 0 aliphatic heterocycles. The molecule has 1 aliphatic carbocycles. The van der Waals surface area contributed by atoms with Crippen molar-refractivity contribution in [1.82, 2.24) is 4.90 Å². The van der Waals surface area contributed by atoms with E-state index < -0.39 is 17.0 Å². The third-order valence-electron chi connectivity index (χ3n) is 4.16. The van der Waals surface area contributed by atoms with E-state index in [9.17, 15) is 13.6 Å². The van der Waals surface area contributed by atoms with Crippen molar-refractivity contribution >= 4 is 5.91 Å². The lowest BCUT2D eigenvalue weighted by atomic mass is 9.84. The Balaban J connectivity index is 2.09. The molecule has 1 aromatic rings. The number of benzene rings is 1. The lowest BCUT2D eigenvalue weighted by Gasteiger charge is -2.31. The first-order chi connectivity index (χ1) is 9.48. The Morgan fingerprint density at radius 3 is 2.50 bits per heavy atom. The Bertz CT molecular complexity index is 499. The van der Waals surface area contributed by atoms with E-state index in [1.54, 1.807) is 11.9 Å². The smallest absolute Gasteiger partial charge is 0.230 e. The van der Waals surface area contributed by atoms with Crippen molar-refractivity contribution in [2.45, 2.75) is 32.2 Å². The molecule has 0 saturated heterocycles. The van der Waals surface area contributed by atoms with Crippen molar-refractivity contribution < 1.29 is 13.6 Å². The average molecular weight is 282 g/mol. The maximum Gasteiger partial charge on any atom is 0.230 e. The van der Waals surface area contributed by atoms with Crippen LogP contribution in [0.2, 0.25) is 0 Å². The van der Waals surface area contributed by atoms with Gasteiger partial charge in [0, 0.05) is 20.1 Å². The third-order valence-corrected chi connectivity index (χ3v) is 4.16. The molecule has 3 nitrogen and oxygen atoms in total. The summed E-state index contributed by atoms with van der Waals surface area (Å²) in [4.78, 5) is 14.1. The minimum absolute atomic E-state index is 0.00207. The minimum Gasteiger partial charge on any atom is -0.341 e. The Labute approximate surface area is 117 Å². The van der Waals surface area contributed by atoms with Gasteiger partial charge < -0.3 is 10.6 Å². The topological polar surface area (TPSA) is 46.3 Å². The van der Waals surface area contributed by atoms with Gasteiger partial charge in [-0.05, 0) is 30.5 Å².